The Morgan fingerprint density at radius 1 is 0.818 bits per heavy atom. The van der Waals surface area contributed by atoms with Gasteiger partial charge < -0.3 is 10.2 Å². The Hall–Kier alpha value is -4.14. The van der Waals surface area contributed by atoms with Crippen molar-refractivity contribution in [2.45, 2.75) is 57.1 Å². The van der Waals surface area contributed by atoms with Gasteiger partial charge in [-0.1, -0.05) is 96.0 Å². The Labute approximate surface area is 265 Å². The molecule has 0 fully saturated rings. The minimum Gasteiger partial charge on any atom is -0.350 e. The van der Waals surface area contributed by atoms with Gasteiger partial charge in [0.25, 0.3) is 10.0 Å². The number of hydrogen-bond acceptors (Lipinski definition) is 4. The maximum absolute atomic E-state index is 14.5. The Morgan fingerprint density at radius 2 is 1.41 bits per heavy atom. The number of hydrogen-bond donors (Lipinski definition) is 1. The highest BCUT2D eigenvalue weighted by molar-refractivity contribution is 7.92. The topological polar surface area (TPSA) is 86.8 Å². The molecule has 44 heavy (non-hydrogen) atoms. The first kappa shape index (κ1) is 32.8. The summed E-state index contributed by atoms with van der Waals surface area (Å²) in [4.78, 5) is 29.9. The van der Waals surface area contributed by atoms with Gasteiger partial charge in [0.15, 0.2) is 0 Å². The molecule has 1 N–H and O–H groups in total. The summed E-state index contributed by atoms with van der Waals surface area (Å²) in [6.45, 7) is 7.06. The first-order valence-electron chi connectivity index (χ1n) is 14.4. The summed E-state index contributed by atoms with van der Waals surface area (Å²) >= 11 is 6.29. The lowest BCUT2D eigenvalue weighted by molar-refractivity contribution is -0.140. The molecule has 2 amide bonds. The molecule has 0 aliphatic rings. The quantitative estimate of drug-likeness (QED) is 0.208. The highest BCUT2D eigenvalue weighted by atomic mass is 35.5. The van der Waals surface area contributed by atoms with Crippen LogP contribution in [0.2, 0.25) is 5.02 Å². The lowest BCUT2D eigenvalue weighted by atomic mass is 10.0. The maximum atomic E-state index is 14.5. The van der Waals surface area contributed by atoms with Crippen LogP contribution in [0.5, 0.6) is 0 Å². The Balaban J connectivity index is 1.80. The Morgan fingerprint density at radius 3 is 1.98 bits per heavy atom. The van der Waals surface area contributed by atoms with Gasteiger partial charge >= 0.3 is 0 Å². The van der Waals surface area contributed by atoms with E-state index in [0.29, 0.717) is 5.02 Å². The van der Waals surface area contributed by atoms with E-state index in [1.54, 1.807) is 30.3 Å². The molecule has 9 heteroatoms. The number of amides is 2. The van der Waals surface area contributed by atoms with Gasteiger partial charge in [-0.2, -0.15) is 0 Å². The average molecular weight is 632 g/mol. The molecular weight excluding hydrogens is 594 g/mol. The van der Waals surface area contributed by atoms with E-state index in [0.717, 1.165) is 21.0 Å². The minimum atomic E-state index is -4.20. The molecular formula is C35H38ClN3O4S. The van der Waals surface area contributed by atoms with Crippen LogP contribution < -0.4 is 9.62 Å². The lowest BCUT2D eigenvalue weighted by Crippen LogP contribution is -2.56. The fraction of sp³-hybridized carbons (Fsp3) is 0.257. The number of sulfonamides is 1. The van der Waals surface area contributed by atoms with Crippen molar-refractivity contribution in [3.63, 3.8) is 0 Å². The van der Waals surface area contributed by atoms with Crippen LogP contribution in [-0.4, -0.2) is 43.3 Å². The van der Waals surface area contributed by atoms with Crippen molar-refractivity contribution in [2.24, 2.45) is 0 Å². The van der Waals surface area contributed by atoms with E-state index in [9.17, 15) is 18.0 Å². The number of carbonyl (C=O) groups is 2. The number of carbonyl (C=O) groups excluding carboxylic acids is 2. The number of nitrogens with zero attached hydrogens (tertiary/aromatic N) is 2. The number of anilines is 1. The summed E-state index contributed by atoms with van der Waals surface area (Å²) in [6.07, 6.45) is 0.239. The van der Waals surface area contributed by atoms with Gasteiger partial charge in [-0.05, 0) is 69.2 Å². The van der Waals surface area contributed by atoms with Crippen molar-refractivity contribution in [1.29, 1.82) is 0 Å². The van der Waals surface area contributed by atoms with Gasteiger partial charge in [0.1, 0.15) is 12.6 Å². The van der Waals surface area contributed by atoms with E-state index < -0.39 is 34.1 Å². The molecule has 0 unspecified atom stereocenters. The zero-order chi connectivity index (χ0) is 31.9. The second kappa shape index (κ2) is 14.1. The number of benzene rings is 4. The molecule has 7 nitrogen and oxygen atoms in total. The molecule has 0 saturated heterocycles. The molecule has 4 aromatic rings. The van der Waals surface area contributed by atoms with Crippen molar-refractivity contribution in [3.05, 3.63) is 131 Å². The molecule has 0 bridgehead atoms. The first-order valence-corrected chi connectivity index (χ1v) is 16.2. The van der Waals surface area contributed by atoms with Crippen LogP contribution in [0.1, 0.15) is 37.5 Å². The Bertz CT molecular complexity index is 1670. The number of aryl methyl sites for hydroxylation is 1. The summed E-state index contributed by atoms with van der Waals surface area (Å²) in [5, 5.41) is 3.36. The van der Waals surface area contributed by atoms with Crippen molar-refractivity contribution in [3.8, 4) is 0 Å². The van der Waals surface area contributed by atoms with Crippen LogP contribution in [0.15, 0.2) is 114 Å². The second-order valence-electron chi connectivity index (χ2n) is 11.8. The van der Waals surface area contributed by atoms with Crippen LogP contribution in [0, 0.1) is 6.92 Å². The molecule has 0 aliphatic carbocycles. The van der Waals surface area contributed by atoms with Gasteiger partial charge in [0.05, 0.1) is 10.6 Å². The van der Waals surface area contributed by atoms with Gasteiger partial charge in [0.2, 0.25) is 11.8 Å². The molecule has 0 aliphatic heterocycles. The third kappa shape index (κ3) is 8.71. The summed E-state index contributed by atoms with van der Waals surface area (Å²) < 4.78 is 29.2. The lowest BCUT2D eigenvalue weighted by Gasteiger charge is -2.35. The molecule has 230 valence electrons. The SMILES string of the molecule is Cc1ccc(S(=O)(=O)N(CC(=O)N(Cc2ccccc2)[C@H](Cc2ccccc2)C(=O)NC(C)(C)C)c2cccc(Cl)c2)cc1. The number of nitrogens with one attached hydrogen (secondary N) is 1. The minimum absolute atomic E-state index is 0.0387. The van der Waals surface area contributed by atoms with Crippen molar-refractivity contribution in [2.75, 3.05) is 10.8 Å². The molecule has 0 heterocycles. The fourth-order valence-corrected chi connectivity index (χ4v) is 6.37. The van der Waals surface area contributed by atoms with E-state index >= 15 is 0 Å². The zero-order valence-corrected chi connectivity index (χ0v) is 27.0. The number of halogens is 1. The molecule has 4 aromatic carbocycles. The molecule has 0 radical (unpaired) electrons. The van der Waals surface area contributed by atoms with Gasteiger partial charge in [-0.25, -0.2) is 8.42 Å². The van der Waals surface area contributed by atoms with E-state index in [1.807, 2.05) is 88.4 Å². The predicted octanol–water partition coefficient (Wildman–Crippen LogP) is 6.40. The summed E-state index contributed by atoms with van der Waals surface area (Å²) in [6, 6.07) is 30.7. The van der Waals surface area contributed by atoms with E-state index in [2.05, 4.69) is 5.32 Å². The zero-order valence-electron chi connectivity index (χ0n) is 25.4. The average Bonchev–Trinajstić information content (AvgIpc) is 2.98. The van der Waals surface area contributed by atoms with E-state index in [-0.39, 0.29) is 29.5 Å². The van der Waals surface area contributed by atoms with Gasteiger partial charge in [-0.15, -0.1) is 0 Å². The van der Waals surface area contributed by atoms with Crippen LogP contribution in [0.4, 0.5) is 5.69 Å². The van der Waals surface area contributed by atoms with Crippen LogP contribution in [-0.2, 0) is 32.6 Å². The summed E-state index contributed by atoms with van der Waals surface area (Å²) in [5.41, 5.74) is 2.25. The maximum Gasteiger partial charge on any atom is 0.264 e. The third-order valence-electron chi connectivity index (χ3n) is 6.95. The molecule has 0 spiro atoms. The predicted molar refractivity (Wildman–Crippen MR) is 176 cm³/mol. The Kier molecular flexibility index (Phi) is 10.5. The highest BCUT2D eigenvalue weighted by Gasteiger charge is 2.35. The monoisotopic (exact) mass is 631 g/mol. The fourth-order valence-electron chi connectivity index (χ4n) is 4.78. The summed E-state index contributed by atoms with van der Waals surface area (Å²) in [7, 11) is -4.20. The van der Waals surface area contributed by atoms with E-state index in [1.165, 1.54) is 23.1 Å². The first-order chi connectivity index (χ1) is 20.8. The molecule has 1 atom stereocenters. The summed E-state index contributed by atoms with van der Waals surface area (Å²) in [5.74, 6) is -0.865. The molecule has 0 aromatic heterocycles. The van der Waals surface area contributed by atoms with Crippen LogP contribution in [0.3, 0.4) is 0 Å². The van der Waals surface area contributed by atoms with Crippen molar-refractivity contribution < 1.29 is 18.0 Å². The van der Waals surface area contributed by atoms with Crippen LogP contribution >= 0.6 is 11.6 Å². The van der Waals surface area contributed by atoms with E-state index in [4.69, 9.17) is 11.6 Å². The smallest absolute Gasteiger partial charge is 0.264 e. The molecule has 0 saturated carbocycles. The van der Waals surface area contributed by atoms with Gasteiger partial charge in [-0.3, -0.25) is 13.9 Å². The van der Waals surface area contributed by atoms with Gasteiger partial charge in [0, 0.05) is 23.5 Å². The van der Waals surface area contributed by atoms with Crippen molar-refractivity contribution >= 4 is 39.1 Å². The normalized spacial score (nSPS) is 12.3. The number of rotatable bonds is 11. The van der Waals surface area contributed by atoms with Crippen LogP contribution in [0.25, 0.3) is 0 Å². The van der Waals surface area contributed by atoms with Crippen molar-refractivity contribution in [1.82, 2.24) is 10.2 Å². The largest absolute Gasteiger partial charge is 0.350 e. The highest BCUT2D eigenvalue weighted by Crippen LogP contribution is 2.27. The molecule has 4 rings (SSSR count). The second-order valence-corrected chi connectivity index (χ2v) is 14.1. The standard InChI is InChI=1S/C35H38ClN3O4S/c1-26-18-20-31(21-19-26)44(42,43)39(30-17-11-16-29(36)23-30)25-33(40)38(24-28-14-9-6-10-15-28)32(34(41)37-35(2,3)4)22-27-12-7-5-8-13-27/h5-21,23,32H,22,24-25H2,1-4H3,(H,37,41)/t32-/m1/s1. The third-order valence-corrected chi connectivity index (χ3v) is 8.97.